The van der Waals surface area contributed by atoms with Gasteiger partial charge in [-0.3, -0.25) is 0 Å². The topological polar surface area (TPSA) is 31.4 Å². The molecule has 0 aliphatic carbocycles. The summed E-state index contributed by atoms with van der Waals surface area (Å²) in [6.45, 7) is 6.61. The van der Waals surface area contributed by atoms with E-state index in [2.05, 4.69) is 39.7 Å². The van der Waals surface area contributed by atoms with E-state index in [0.717, 1.165) is 31.9 Å². The lowest BCUT2D eigenvalue weighted by atomic mass is 10.3. The SMILES string of the molecule is CC(NN1CCN(C)CC1)c1cscn1. The van der Waals surface area contributed by atoms with Crippen LogP contribution in [0.15, 0.2) is 10.9 Å². The molecule has 1 aliphatic rings. The minimum atomic E-state index is 0.319. The molecule has 0 bridgehead atoms. The van der Waals surface area contributed by atoms with Gasteiger partial charge in [-0.15, -0.1) is 11.3 Å². The van der Waals surface area contributed by atoms with Crippen LogP contribution < -0.4 is 5.43 Å². The molecule has 0 amide bonds. The Morgan fingerprint density at radius 1 is 1.40 bits per heavy atom. The molecule has 0 saturated carbocycles. The van der Waals surface area contributed by atoms with Crippen LogP contribution in [0.1, 0.15) is 18.7 Å². The molecule has 1 aromatic rings. The van der Waals surface area contributed by atoms with Crippen LogP contribution in [0.5, 0.6) is 0 Å². The molecule has 4 nitrogen and oxygen atoms in total. The van der Waals surface area contributed by atoms with Crippen LogP contribution >= 0.6 is 11.3 Å². The Morgan fingerprint density at radius 2 is 2.13 bits per heavy atom. The van der Waals surface area contributed by atoms with Gasteiger partial charge in [0, 0.05) is 31.6 Å². The average Bonchev–Trinajstić information content (AvgIpc) is 2.74. The first-order valence-corrected chi connectivity index (χ1v) is 6.28. The predicted molar refractivity (Wildman–Crippen MR) is 62.7 cm³/mol. The Morgan fingerprint density at radius 3 is 2.73 bits per heavy atom. The van der Waals surface area contributed by atoms with Crippen molar-refractivity contribution in [3.8, 4) is 0 Å². The van der Waals surface area contributed by atoms with Gasteiger partial charge in [0.15, 0.2) is 0 Å². The number of thiazole rings is 1. The van der Waals surface area contributed by atoms with Crippen LogP contribution in [0.4, 0.5) is 0 Å². The molecule has 1 fully saturated rings. The molecule has 1 saturated heterocycles. The quantitative estimate of drug-likeness (QED) is 0.832. The lowest BCUT2D eigenvalue weighted by Crippen LogP contribution is -2.51. The van der Waals surface area contributed by atoms with Crippen LogP contribution in [0.2, 0.25) is 0 Å². The van der Waals surface area contributed by atoms with Crippen LogP contribution in [0, 0.1) is 0 Å². The molecule has 5 heteroatoms. The number of hydrazine groups is 1. The van der Waals surface area contributed by atoms with Crippen LogP contribution in [0.25, 0.3) is 0 Å². The maximum Gasteiger partial charge on any atom is 0.0795 e. The van der Waals surface area contributed by atoms with Crippen molar-refractivity contribution in [3.63, 3.8) is 0 Å². The molecule has 2 rings (SSSR count). The van der Waals surface area contributed by atoms with Gasteiger partial charge in [-0.25, -0.2) is 15.4 Å². The van der Waals surface area contributed by atoms with Gasteiger partial charge < -0.3 is 4.90 Å². The Hall–Kier alpha value is -0.490. The van der Waals surface area contributed by atoms with Crippen molar-refractivity contribution in [2.45, 2.75) is 13.0 Å². The van der Waals surface area contributed by atoms with E-state index in [1.54, 1.807) is 11.3 Å². The fourth-order valence-electron chi connectivity index (χ4n) is 1.71. The number of rotatable bonds is 3. The van der Waals surface area contributed by atoms with Gasteiger partial charge in [0.2, 0.25) is 0 Å². The third-order valence-corrected chi connectivity index (χ3v) is 3.38. The molecule has 1 atom stereocenters. The van der Waals surface area contributed by atoms with Crippen LogP contribution in [-0.2, 0) is 0 Å². The van der Waals surface area contributed by atoms with Crippen molar-refractivity contribution in [1.82, 2.24) is 20.3 Å². The minimum Gasteiger partial charge on any atom is -0.304 e. The molecule has 0 radical (unpaired) electrons. The zero-order valence-electron chi connectivity index (χ0n) is 9.31. The summed E-state index contributed by atoms with van der Waals surface area (Å²) in [6, 6.07) is 0.319. The second kappa shape index (κ2) is 5.03. The number of nitrogens with zero attached hydrogens (tertiary/aromatic N) is 3. The summed E-state index contributed by atoms with van der Waals surface area (Å²) in [7, 11) is 2.17. The van der Waals surface area contributed by atoms with Crippen LogP contribution in [0.3, 0.4) is 0 Å². The molecule has 0 spiro atoms. The van der Waals surface area contributed by atoms with Gasteiger partial charge >= 0.3 is 0 Å². The van der Waals surface area contributed by atoms with Crippen molar-refractivity contribution in [2.75, 3.05) is 33.2 Å². The largest absolute Gasteiger partial charge is 0.304 e. The second-order valence-electron chi connectivity index (χ2n) is 4.05. The van der Waals surface area contributed by atoms with Crippen molar-refractivity contribution in [2.24, 2.45) is 0 Å². The maximum absolute atomic E-state index is 4.32. The maximum atomic E-state index is 4.32. The Labute approximate surface area is 94.9 Å². The number of piperazine rings is 1. The van der Waals surface area contributed by atoms with Gasteiger partial charge in [-0.2, -0.15) is 0 Å². The lowest BCUT2D eigenvalue weighted by Gasteiger charge is -2.34. The molecular weight excluding hydrogens is 208 g/mol. The first kappa shape index (κ1) is 11.0. The zero-order chi connectivity index (χ0) is 10.7. The van der Waals surface area contributed by atoms with Gasteiger partial charge in [0.1, 0.15) is 0 Å². The number of hydrogen-bond donors (Lipinski definition) is 1. The first-order chi connectivity index (χ1) is 7.25. The predicted octanol–water partition coefficient (Wildman–Crippen LogP) is 0.956. The van der Waals surface area contributed by atoms with E-state index >= 15 is 0 Å². The molecule has 1 aliphatic heterocycles. The number of likely N-dealkylation sites (N-methyl/N-ethyl adjacent to an activating group) is 1. The molecule has 2 heterocycles. The first-order valence-electron chi connectivity index (χ1n) is 5.33. The highest BCUT2D eigenvalue weighted by molar-refractivity contribution is 7.07. The Balaban J connectivity index is 1.82. The molecule has 1 aromatic heterocycles. The monoisotopic (exact) mass is 226 g/mol. The van der Waals surface area contributed by atoms with E-state index in [1.807, 2.05) is 5.51 Å². The van der Waals surface area contributed by atoms with Gasteiger partial charge in [-0.05, 0) is 14.0 Å². The zero-order valence-corrected chi connectivity index (χ0v) is 10.1. The van der Waals surface area contributed by atoms with Gasteiger partial charge in [0.05, 0.1) is 17.2 Å². The Bertz CT molecular complexity index is 280. The fraction of sp³-hybridized carbons (Fsp3) is 0.700. The van der Waals surface area contributed by atoms with E-state index < -0.39 is 0 Å². The van der Waals surface area contributed by atoms with Crippen molar-refractivity contribution in [1.29, 1.82) is 0 Å². The highest BCUT2D eigenvalue weighted by Crippen LogP contribution is 2.12. The van der Waals surface area contributed by atoms with Gasteiger partial charge in [0.25, 0.3) is 0 Å². The molecule has 84 valence electrons. The third-order valence-electron chi connectivity index (χ3n) is 2.77. The minimum absolute atomic E-state index is 0.319. The van der Waals surface area contributed by atoms with E-state index in [0.29, 0.717) is 6.04 Å². The highest BCUT2D eigenvalue weighted by Gasteiger charge is 2.16. The smallest absolute Gasteiger partial charge is 0.0795 e. The average molecular weight is 226 g/mol. The van der Waals surface area contributed by atoms with Crippen LogP contribution in [-0.4, -0.2) is 48.1 Å². The molecule has 0 aromatic carbocycles. The number of aromatic nitrogens is 1. The molecule has 1 N–H and O–H groups in total. The summed E-state index contributed by atoms with van der Waals surface area (Å²) in [4.78, 5) is 6.67. The summed E-state index contributed by atoms with van der Waals surface area (Å²) in [5.41, 5.74) is 6.52. The van der Waals surface area contributed by atoms with Crippen molar-refractivity contribution in [3.05, 3.63) is 16.6 Å². The van der Waals surface area contributed by atoms with E-state index in [9.17, 15) is 0 Å². The number of hydrogen-bond acceptors (Lipinski definition) is 5. The Kier molecular flexibility index (Phi) is 3.69. The molecule has 15 heavy (non-hydrogen) atoms. The highest BCUT2D eigenvalue weighted by atomic mass is 32.1. The summed E-state index contributed by atoms with van der Waals surface area (Å²) in [5, 5.41) is 4.40. The van der Waals surface area contributed by atoms with E-state index in [1.165, 1.54) is 0 Å². The second-order valence-corrected chi connectivity index (χ2v) is 4.77. The number of nitrogens with one attached hydrogen (secondary N) is 1. The molecular formula is C10H18N4S. The van der Waals surface area contributed by atoms with Gasteiger partial charge in [-0.1, -0.05) is 0 Å². The summed E-state index contributed by atoms with van der Waals surface area (Å²) in [6.07, 6.45) is 0. The third kappa shape index (κ3) is 2.98. The molecule has 1 unspecified atom stereocenters. The summed E-state index contributed by atoms with van der Waals surface area (Å²) < 4.78 is 0. The van der Waals surface area contributed by atoms with E-state index in [-0.39, 0.29) is 0 Å². The van der Waals surface area contributed by atoms with Crippen molar-refractivity contribution >= 4 is 11.3 Å². The normalized spacial score (nSPS) is 21.7. The fourth-order valence-corrected chi connectivity index (χ4v) is 2.36. The lowest BCUT2D eigenvalue weighted by molar-refractivity contribution is 0.0892. The summed E-state index contributed by atoms with van der Waals surface area (Å²) in [5.74, 6) is 0. The van der Waals surface area contributed by atoms with E-state index in [4.69, 9.17) is 0 Å². The standard InChI is InChI=1S/C10H18N4S/c1-9(10-7-15-8-11-10)12-14-5-3-13(2)4-6-14/h7-9,12H,3-6H2,1-2H3. The van der Waals surface area contributed by atoms with Crippen molar-refractivity contribution < 1.29 is 0 Å². The summed E-state index contributed by atoms with van der Waals surface area (Å²) >= 11 is 1.65.